The van der Waals surface area contributed by atoms with Crippen LogP contribution in [0.2, 0.25) is 0 Å². The second kappa shape index (κ2) is 7.82. The number of aldehydes is 5. The van der Waals surface area contributed by atoms with Crippen LogP contribution in [0, 0.1) is 23.2 Å². The van der Waals surface area contributed by atoms with Crippen molar-refractivity contribution in [1.82, 2.24) is 0 Å². The molecule has 0 aliphatic heterocycles. The minimum Gasteiger partial charge on any atom is -0.303 e. The average Bonchev–Trinajstić information content (AvgIpc) is 2.45. The molecule has 0 aromatic rings. The third-order valence-electron chi connectivity index (χ3n) is 4.64. The fraction of sp³-hybridized carbons (Fsp3) is 0.667. The lowest BCUT2D eigenvalue weighted by molar-refractivity contribution is -0.146. The largest absolute Gasteiger partial charge is 0.303 e. The number of carbonyl (C=O) groups excluding carboxylic acids is 5. The molecule has 0 amide bonds. The zero-order valence-corrected chi connectivity index (χ0v) is 11.4. The fourth-order valence-electron chi connectivity index (χ4n) is 3.46. The van der Waals surface area contributed by atoms with Gasteiger partial charge in [0, 0.05) is 30.6 Å². The lowest BCUT2D eigenvalue weighted by atomic mass is 9.48. The molecule has 0 saturated heterocycles. The van der Waals surface area contributed by atoms with E-state index in [1.165, 1.54) is 0 Å². The first kappa shape index (κ1) is 16.4. The predicted octanol–water partition coefficient (Wildman–Crippen LogP) is 1.17. The van der Waals surface area contributed by atoms with Gasteiger partial charge in [-0.2, -0.15) is 0 Å². The zero-order valence-electron chi connectivity index (χ0n) is 11.4. The van der Waals surface area contributed by atoms with E-state index in [1.807, 2.05) is 0 Å². The summed E-state index contributed by atoms with van der Waals surface area (Å²) in [6.07, 6.45) is 6.23. The van der Waals surface area contributed by atoms with E-state index in [-0.39, 0.29) is 18.8 Å². The summed E-state index contributed by atoms with van der Waals surface area (Å²) in [7, 11) is 0. The number of hydrogen-bond acceptors (Lipinski definition) is 5. The van der Waals surface area contributed by atoms with Crippen LogP contribution in [-0.2, 0) is 24.0 Å². The highest BCUT2D eigenvalue weighted by atomic mass is 16.1. The molecule has 1 aliphatic rings. The SMILES string of the molecule is O=CCCC(C=O)C1(C(C=O)CCC=O)CCC1C=O. The molecule has 3 atom stereocenters. The first-order valence-corrected chi connectivity index (χ1v) is 6.94. The van der Waals surface area contributed by atoms with Gasteiger partial charge in [0.25, 0.3) is 0 Å². The Labute approximate surface area is 118 Å². The van der Waals surface area contributed by atoms with Gasteiger partial charge in [0.2, 0.25) is 0 Å². The van der Waals surface area contributed by atoms with Gasteiger partial charge in [-0.1, -0.05) is 0 Å². The van der Waals surface area contributed by atoms with Crippen molar-refractivity contribution in [2.24, 2.45) is 23.2 Å². The van der Waals surface area contributed by atoms with Crippen LogP contribution in [0.3, 0.4) is 0 Å². The smallest absolute Gasteiger partial charge is 0.123 e. The minimum atomic E-state index is -0.697. The molecule has 0 aromatic heterocycles. The standard InChI is InChI=1S/C15H20O5/c16-7-1-3-12(9-18)15(6-5-14(15)11-20)13(10-19)4-2-8-17/h7-14H,1-6H2. The summed E-state index contributed by atoms with van der Waals surface area (Å²) in [6, 6.07) is 0. The average molecular weight is 280 g/mol. The third kappa shape index (κ3) is 2.92. The van der Waals surface area contributed by atoms with Gasteiger partial charge < -0.3 is 24.0 Å². The first-order chi connectivity index (χ1) is 9.70. The van der Waals surface area contributed by atoms with Crippen molar-refractivity contribution in [3.8, 4) is 0 Å². The van der Waals surface area contributed by atoms with Crippen molar-refractivity contribution in [3.05, 3.63) is 0 Å². The summed E-state index contributed by atoms with van der Waals surface area (Å²) in [4.78, 5) is 55.0. The molecular formula is C15H20O5. The van der Waals surface area contributed by atoms with E-state index in [0.717, 1.165) is 31.4 Å². The summed E-state index contributed by atoms with van der Waals surface area (Å²) in [6.45, 7) is 0. The van der Waals surface area contributed by atoms with Gasteiger partial charge in [0.1, 0.15) is 31.4 Å². The van der Waals surface area contributed by atoms with Crippen molar-refractivity contribution in [2.45, 2.75) is 38.5 Å². The van der Waals surface area contributed by atoms with Crippen LogP contribution in [0.15, 0.2) is 0 Å². The molecule has 0 aromatic carbocycles. The molecule has 0 heterocycles. The summed E-state index contributed by atoms with van der Waals surface area (Å²) in [5.74, 6) is -1.32. The Kier molecular flexibility index (Phi) is 6.42. The Balaban J connectivity index is 3.03. The maximum atomic E-state index is 11.4. The van der Waals surface area contributed by atoms with Crippen LogP contribution in [0.1, 0.15) is 38.5 Å². The highest BCUT2D eigenvalue weighted by Gasteiger charge is 2.55. The van der Waals surface area contributed by atoms with Crippen LogP contribution in [0.4, 0.5) is 0 Å². The van der Waals surface area contributed by atoms with Crippen molar-refractivity contribution >= 4 is 31.4 Å². The summed E-state index contributed by atoms with van der Waals surface area (Å²) in [5.41, 5.74) is -0.697. The molecule has 0 N–H and O–H groups in total. The molecule has 1 aliphatic carbocycles. The second-order valence-electron chi connectivity index (χ2n) is 5.37. The molecule has 5 nitrogen and oxygen atoms in total. The summed E-state index contributed by atoms with van der Waals surface area (Å²) >= 11 is 0. The van der Waals surface area contributed by atoms with Crippen LogP contribution in [0.5, 0.6) is 0 Å². The Morgan fingerprint density at radius 3 is 1.65 bits per heavy atom. The van der Waals surface area contributed by atoms with Crippen LogP contribution < -0.4 is 0 Å². The Morgan fingerprint density at radius 1 is 0.900 bits per heavy atom. The van der Waals surface area contributed by atoms with E-state index < -0.39 is 17.3 Å². The first-order valence-electron chi connectivity index (χ1n) is 6.94. The molecule has 0 bridgehead atoms. The van der Waals surface area contributed by atoms with Gasteiger partial charge in [-0.05, 0) is 31.1 Å². The second-order valence-corrected chi connectivity index (χ2v) is 5.37. The predicted molar refractivity (Wildman–Crippen MR) is 70.9 cm³/mol. The van der Waals surface area contributed by atoms with Gasteiger partial charge >= 0.3 is 0 Å². The maximum absolute atomic E-state index is 11.4. The van der Waals surface area contributed by atoms with Crippen molar-refractivity contribution in [3.63, 3.8) is 0 Å². The van der Waals surface area contributed by atoms with E-state index in [0.29, 0.717) is 25.7 Å². The minimum absolute atomic E-state index is 0.232. The van der Waals surface area contributed by atoms with E-state index in [1.54, 1.807) is 0 Å². The van der Waals surface area contributed by atoms with Gasteiger partial charge in [-0.25, -0.2) is 0 Å². The van der Waals surface area contributed by atoms with Crippen molar-refractivity contribution in [1.29, 1.82) is 0 Å². The highest BCUT2D eigenvalue weighted by Crippen LogP contribution is 2.57. The van der Waals surface area contributed by atoms with E-state index in [9.17, 15) is 24.0 Å². The van der Waals surface area contributed by atoms with E-state index >= 15 is 0 Å². The molecule has 0 radical (unpaired) electrons. The summed E-state index contributed by atoms with van der Waals surface area (Å²) < 4.78 is 0. The molecule has 1 fully saturated rings. The Bertz CT molecular complexity index is 352. The maximum Gasteiger partial charge on any atom is 0.123 e. The van der Waals surface area contributed by atoms with E-state index in [2.05, 4.69) is 0 Å². The number of rotatable bonds is 11. The highest BCUT2D eigenvalue weighted by molar-refractivity contribution is 5.68. The van der Waals surface area contributed by atoms with E-state index in [4.69, 9.17) is 0 Å². The lowest BCUT2D eigenvalue weighted by Crippen LogP contribution is -2.53. The lowest BCUT2D eigenvalue weighted by Gasteiger charge is -2.54. The zero-order chi connectivity index (χ0) is 15.0. The van der Waals surface area contributed by atoms with Crippen LogP contribution in [-0.4, -0.2) is 31.4 Å². The molecule has 0 spiro atoms. The molecule has 1 rings (SSSR count). The van der Waals surface area contributed by atoms with Gasteiger partial charge in [-0.15, -0.1) is 0 Å². The molecule has 5 heteroatoms. The molecule has 3 unspecified atom stereocenters. The van der Waals surface area contributed by atoms with Crippen molar-refractivity contribution < 1.29 is 24.0 Å². The topological polar surface area (TPSA) is 85.3 Å². The van der Waals surface area contributed by atoms with Crippen LogP contribution in [0.25, 0.3) is 0 Å². The number of hydrogen-bond donors (Lipinski definition) is 0. The fourth-order valence-corrected chi connectivity index (χ4v) is 3.46. The van der Waals surface area contributed by atoms with Gasteiger partial charge in [0.15, 0.2) is 0 Å². The van der Waals surface area contributed by atoms with Crippen molar-refractivity contribution in [2.75, 3.05) is 0 Å². The number of carbonyl (C=O) groups is 5. The van der Waals surface area contributed by atoms with Crippen LogP contribution >= 0.6 is 0 Å². The quantitative estimate of drug-likeness (QED) is 0.530. The Hall–Kier alpha value is -1.65. The Morgan fingerprint density at radius 2 is 1.40 bits per heavy atom. The molecule has 20 heavy (non-hydrogen) atoms. The van der Waals surface area contributed by atoms with Gasteiger partial charge in [0.05, 0.1) is 0 Å². The van der Waals surface area contributed by atoms with Gasteiger partial charge in [-0.3, -0.25) is 0 Å². The molecular weight excluding hydrogens is 260 g/mol. The summed E-state index contributed by atoms with van der Waals surface area (Å²) in [5, 5.41) is 0. The monoisotopic (exact) mass is 280 g/mol. The molecule has 1 saturated carbocycles. The normalized spacial score (nSPS) is 27.7. The third-order valence-corrected chi connectivity index (χ3v) is 4.64. The molecule has 110 valence electrons.